The molecule has 0 aliphatic carbocycles. The Morgan fingerprint density at radius 3 is 2.73 bits per heavy atom. The number of carbonyl (C=O) groups excluding carboxylic acids is 1. The van der Waals surface area contributed by atoms with Crippen molar-refractivity contribution in [2.24, 2.45) is 5.16 Å². The number of esters is 1. The van der Waals surface area contributed by atoms with Gasteiger partial charge in [0.15, 0.2) is 5.01 Å². The molecule has 7 heteroatoms. The molecule has 0 saturated heterocycles. The van der Waals surface area contributed by atoms with E-state index in [-0.39, 0.29) is 12.3 Å². The van der Waals surface area contributed by atoms with Crippen molar-refractivity contribution >= 4 is 23.0 Å². The van der Waals surface area contributed by atoms with E-state index in [4.69, 9.17) is 4.74 Å². The minimum absolute atomic E-state index is 0.0463. The second kappa shape index (κ2) is 5.40. The van der Waals surface area contributed by atoms with Gasteiger partial charge in [0.2, 0.25) is 5.71 Å². The average Bonchev–Trinajstić information content (AvgIpc) is 2.61. The zero-order valence-corrected chi connectivity index (χ0v) is 9.50. The van der Waals surface area contributed by atoms with Gasteiger partial charge in [-0.3, -0.25) is 0 Å². The molecule has 0 unspecified atom stereocenters. The normalized spacial score (nSPS) is 11.3. The predicted molar refractivity (Wildman–Crippen MR) is 54.8 cm³/mol. The van der Waals surface area contributed by atoms with Gasteiger partial charge in [-0.25, -0.2) is 4.79 Å². The Labute approximate surface area is 90.9 Å². The van der Waals surface area contributed by atoms with E-state index in [1.165, 1.54) is 18.4 Å². The molecular formula is C8H11N3O3S. The summed E-state index contributed by atoms with van der Waals surface area (Å²) >= 11 is 1.26. The van der Waals surface area contributed by atoms with Crippen molar-refractivity contribution in [2.45, 2.75) is 13.8 Å². The van der Waals surface area contributed by atoms with Crippen molar-refractivity contribution in [3.8, 4) is 0 Å². The smallest absolute Gasteiger partial charge is 0.363 e. The highest BCUT2D eigenvalue weighted by Crippen LogP contribution is 2.10. The molecule has 0 amide bonds. The van der Waals surface area contributed by atoms with Gasteiger partial charge in [0.05, 0.1) is 6.61 Å². The van der Waals surface area contributed by atoms with Gasteiger partial charge in [-0.2, -0.15) is 0 Å². The van der Waals surface area contributed by atoms with E-state index in [0.29, 0.717) is 5.01 Å². The monoisotopic (exact) mass is 229 g/mol. The van der Waals surface area contributed by atoms with Gasteiger partial charge in [0.1, 0.15) is 12.1 Å². The van der Waals surface area contributed by atoms with E-state index in [9.17, 15) is 4.79 Å². The Hall–Kier alpha value is -1.50. The van der Waals surface area contributed by atoms with Crippen LogP contribution in [0.4, 0.5) is 0 Å². The van der Waals surface area contributed by atoms with Crippen LogP contribution in [0, 0.1) is 6.92 Å². The maximum atomic E-state index is 11.4. The van der Waals surface area contributed by atoms with E-state index in [1.807, 2.05) is 0 Å². The molecule has 1 aromatic heterocycles. The molecule has 0 atom stereocenters. The van der Waals surface area contributed by atoms with Crippen LogP contribution >= 0.6 is 11.3 Å². The summed E-state index contributed by atoms with van der Waals surface area (Å²) in [5.74, 6) is -0.560. The van der Waals surface area contributed by atoms with Crippen molar-refractivity contribution in [3.63, 3.8) is 0 Å². The van der Waals surface area contributed by atoms with Crippen molar-refractivity contribution in [3.05, 3.63) is 10.0 Å². The number of ether oxygens (including phenoxy) is 1. The molecule has 0 aromatic carbocycles. The van der Waals surface area contributed by atoms with Gasteiger partial charge in [-0.1, -0.05) is 16.5 Å². The molecule has 0 N–H and O–H groups in total. The number of nitrogens with zero attached hydrogens (tertiary/aromatic N) is 3. The summed E-state index contributed by atoms with van der Waals surface area (Å²) in [5.41, 5.74) is 0.0463. The molecule has 0 aliphatic rings. The molecule has 1 aromatic rings. The molecular weight excluding hydrogens is 218 g/mol. The summed E-state index contributed by atoms with van der Waals surface area (Å²) < 4.78 is 4.81. The average molecular weight is 229 g/mol. The van der Waals surface area contributed by atoms with Crippen LogP contribution in [0.1, 0.15) is 16.9 Å². The lowest BCUT2D eigenvalue weighted by molar-refractivity contribution is -0.135. The van der Waals surface area contributed by atoms with Crippen LogP contribution in [-0.4, -0.2) is 35.6 Å². The summed E-state index contributed by atoms with van der Waals surface area (Å²) in [6.45, 7) is 3.78. The van der Waals surface area contributed by atoms with E-state index in [0.717, 1.165) is 5.01 Å². The van der Waals surface area contributed by atoms with E-state index in [2.05, 4.69) is 20.2 Å². The Kier molecular flexibility index (Phi) is 4.17. The molecule has 0 saturated carbocycles. The summed E-state index contributed by atoms with van der Waals surface area (Å²) in [4.78, 5) is 16.0. The molecule has 82 valence electrons. The van der Waals surface area contributed by atoms with Crippen LogP contribution in [-0.2, 0) is 14.4 Å². The predicted octanol–water partition coefficient (Wildman–Crippen LogP) is 0.760. The maximum absolute atomic E-state index is 11.4. The maximum Gasteiger partial charge on any atom is 0.363 e. The number of oxime groups is 1. The number of aromatic nitrogens is 2. The highest BCUT2D eigenvalue weighted by Gasteiger charge is 2.20. The van der Waals surface area contributed by atoms with Crippen LogP contribution in [0.5, 0.6) is 0 Å². The molecule has 0 fully saturated rings. The van der Waals surface area contributed by atoms with Crippen LogP contribution in [0.3, 0.4) is 0 Å². The fourth-order valence-corrected chi connectivity index (χ4v) is 1.51. The Bertz CT molecular complexity index is 375. The summed E-state index contributed by atoms with van der Waals surface area (Å²) in [7, 11) is 1.35. The molecule has 0 spiro atoms. The van der Waals surface area contributed by atoms with Crippen LogP contribution < -0.4 is 0 Å². The second-order valence-corrected chi connectivity index (χ2v) is 3.65. The van der Waals surface area contributed by atoms with E-state index in [1.54, 1.807) is 13.8 Å². The molecule has 0 radical (unpaired) electrons. The van der Waals surface area contributed by atoms with Gasteiger partial charge in [-0.15, -0.1) is 10.2 Å². The Morgan fingerprint density at radius 1 is 1.53 bits per heavy atom. The Balaban J connectivity index is 2.93. The van der Waals surface area contributed by atoms with Crippen LogP contribution in [0.2, 0.25) is 0 Å². The van der Waals surface area contributed by atoms with E-state index >= 15 is 0 Å². The minimum Gasteiger partial charge on any atom is -0.461 e. The lowest BCUT2D eigenvalue weighted by atomic mass is 10.4. The molecule has 0 bridgehead atoms. The first-order chi connectivity index (χ1) is 7.19. The summed E-state index contributed by atoms with van der Waals surface area (Å²) in [6, 6.07) is 0. The molecule has 1 heterocycles. The highest BCUT2D eigenvalue weighted by molar-refractivity contribution is 7.14. The van der Waals surface area contributed by atoms with Gasteiger partial charge in [0, 0.05) is 0 Å². The largest absolute Gasteiger partial charge is 0.461 e. The number of rotatable bonds is 4. The summed E-state index contributed by atoms with van der Waals surface area (Å²) in [5, 5.41) is 12.3. The first kappa shape index (κ1) is 11.6. The number of hydrogen-bond donors (Lipinski definition) is 0. The van der Waals surface area contributed by atoms with Crippen molar-refractivity contribution in [1.82, 2.24) is 10.2 Å². The highest BCUT2D eigenvalue weighted by atomic mass is 32.1. The molecule has 0 aliphatic heterocycles. The lowest BCUT2D eigenvalue weighted by Crippen LogP contribution is -2.19. The van der Waals surface area contributed by atoms with Gasteiger partial charge >= 0.3 is 5.97 Å². The van der Waals surface area contributed by atoms with Gasteiger partial charge in [0.25, 0.3) is 0 Å². The number of aryl methyl sites for hydroxylation is 1. The molecule has 6 nitrogen and oxygen atoms in total. The van der Waals surface area contributed by atoms with Crippen LogP contribution in [0.15, 0.2) is 5.16 Å². The lowest BCUT2D eigenvalue weighted by Gasteiger charge is -2.00. The van der Waals surface area contributed by atoms with E-state index < -0.39 is 5.97 Å². The molecule has 15 heavy (non-hydrogen) atoms. The zero-order chi connectivity index (χ0) is 11.3. The third-order valence-corrected chi connectivity index (χ3v) is 2.23. The van der Waals surface area contributed by atoms with Crippen molar-refractivity contribution < 1.29 is 14.4 Å². The van der Waals surface area contributed by atoms with Crippen molar-refractivity contribution in [2.75, 3.05) is 13.7 Å². The third-order valence-electron chi connectivity index (χ3n) is 1.38. The third kappa shape index (κ3) is 2.98. The fraction of sp³-hybridized carbons (Fsp3) is 0.500. The first-order valence-corrected chi connectivity index (χ1v) is 5.09. The topological polar surface area (TPSA) is 73.7 Å². The number of hydrogen-bond acceptors (Lipinski definition) is 7. The SMILES string of the molecule is CCOC(=O)C(=NOC)c1nnc(C)s1. The van der Waals surface area contributed by atoms with Gasteiger partial charge < -0.3 is 9.57 Å². The Morgan fingerprint density at radius 2 is 2.27 bits per heavy atom. The van der Waals surface area contributed by atoms with Crippen molar-refractivity contribution in [1.29, 1.82) is 0 Å². The quantitative estimate of drug-likeness (QED) is 0.433. The van der Waals surface area contributed by atoms with Crippen LogP contribution in [0.25, 0.3) is 0 Å². The standard InChI is InChI=1S/C8H11N3O3S/c1-4-14-8(12)6(11-13-3)7-10-9-5(2)15-7/h4H2,1-3H3. The molecule has 1 rings (SSSR count). The second-order valence-electron chi connectivity index (χ2n) is 2.47. The zero-order valence-electron chi connectivity index (χ0n) is 8.68. The fourth-order valence-electron chi connectivity index (χ4n) is 0.847. The minimum atomic E-state index is -0.560. The van der Waals surface area contributed by atoms with Gasteiger partial charge in [-0.05, 0) is 13.8 Å². The summed E-state index contributed by atoms with van der Waals surface area (Å²) in [6.07, 6.45) is 0. The number of carbonyl (C=O) groups is 1. The first-order valence-electron chi connectivity index (χ1n) is 4.27.